The summed E-state index contributed by atoms with van der Waals surface area (Å²) in [6, 6.07) is 2.73. The number of pyridine rings is 1. The molecular formula is C18H28IN3O5. The number of nitrogens with zero attached hydrogens (tertiary/aromatic N) is 2. The van der Waals surface area contributed by atoms with E-state index in [0.717, 1.165) is 6.42 Å². The second kappa shape index (κ2) is 11.7. The van der Waals surface area contributed by atoms with E-state index in [2.05, 4.69) is 5.32 Å². The third-order valence-electron chi connectivity index (χ3n) is 3.86. The Kier molecular flexibility index (Phi) is 10.9. The molecule has 0 spiro atoms. The van der Waals surface area contributed by atoms with Crippen LogP contribution in [0, 0.1) is 12.8 Å². The Bertz CT molecular complexity index is 664. The normalized spacial score (nSPS) is 11.3. The first-order chi connectivity index (χ1) is 12.1. The summed E-state index contributed by atoms with van der Waals surface area (Å²) in [7, 11) is 3.27. The van der Waals surface area contributed by atoms with Gasteiger partial charge in [-0.3, -0.25) is 9.59 Å². The second-order valence-electron chi connectivity index (χ2n) is 6.82. The molecule has 1 aromatic rings. The van der Waals surface area contributed by atoms with Crippen LogP contribution >= 0.6 is 0 Å². The summed E-state index contributed by atoms with van der Waals surface area (Å²) < 4.78 is 1.20. The van der Waals surface area contributed by atoms with Crippen molar-refractivity contribution in [2.75, 3.05) is 14.1 Å². The molecule has 0 saturated heterocycles. The van der Waals surface area contributed by atoms with Gasteiger partial charge in [0.05, 0.1) is 6.42 Å². The predicted octanol–water partition coefficient (Wildman–Crippen LogP) is -1.59. The highest BCUT2D eigenvalue weighted by atomic mass is 127. The van der Waals surface area contributed by atoms with Gasteiger partial charge in [0.15, 0.2) is 0 Å². The number of carbonyl (C=O) groups excluding carboxylic acids is 2. The Balaban J connectivity index is 0.00000676. The van der Waals surface area contributed by atoms with E-state index < -0.39 is 18.1 Å². The molecule has 0 aliphatic heterocycles. The number of aliphatic carboxylic acids is 1. The summed E-state index contributed by atoms with van der Waals surface area (Å²) in [6.07, 6.45) is 1.91. The van der Waals surface area contributed by atoms with Gasteiger partial charge < -0.3 is 39.3 Å². The van der Waals surface area contributed by atoms with E-state index in [1.165, 1.54) is 15.8 Å². The molecule has 0 fully saturated rings. The summed E-state index contributed by atoms with van der Waals surface area (Å²) in [5.74, 6) is -0.794. The lowest BCUT2D eigenvalue weighted by Crippen LogP contribution is -3.00. The molecule has 1 aromatic heterocycles. The highest BCUT2D eigenvalue weighted by Crippen LogP contribution is 2.09. The fourth-order valence-corrected chi connectivity index (χ4v) is 2.39. The number of carbonyl (C=O) groups is 3. The molecule has 0 aromatic carbocycles. The zero-order valence-electron chi connectivity index (χ0n) is 16.4. The first-order valence-corrected chi connectivity index (χ1v) is 8.55. The molecule has 8 nitrogen and oxygen atoms in total. The lowest BCUT2D eigenvalue weighted by Gasteiger charge is -2.16. The average molecular weight is 493 g/mol. The highest BCUT2D eigenvalue weighted by Gasteiger charge is 2.24. The van der Waals surface area contributed by atoms with Crippen molar-refractivity contribution >= 4 is 18.0 Å². The molecule has 0 unspecified atom stereocenters. The maximum Gasteiger partial charge on any atom is 0.475 e. The fraction of sp³-hybridized carbons (Fsp3) is 0.556. The van der Waals surface area contributed by atoms with Gasteiger partial charge in [-0.2, -0.15) is 4.84 Å². The van der Waals surface area contributed by atoms with E-state index in [1.807, 2.05) is 13.8 Å². The number of rotatable bonds is 8. The Morgan fingerprint density at radius 2 is 1.89 bits per heavy atom. The van der Waals surface area contributed by atoms with Gasteiger partial charge in [0, 0.05) is 37.9 Å². The first-order valence-electron chi connectivity index (χ1n) is 8.55. The van der Waals surface area contributed by atoms with Gasteiger partial charge in [-0.1, -0.05) is 13.8 Å². The van der Waals surface area contributed by atoms with Gasteiger partial charge in [0.1, 0.15) is 5.56 Å². The van der Waals surface area contributed by atoms with Crippen LogP contribution in [0.2, 0.25) is 0 Å². The maximum atomic E-state index is 12.2. The van der Waals surface area contributed by atoms with E-state index in [1.54, 1.807) is 33.2 Å². The molecule has 0 bridgehead atoms. The molecule has 27 heavy (non-hydrogen) atoms. The minimum atomic E-state index is -0.985. The van der Waals surface area contributed by atoms with E-state index in [9.17, 15) is 14.4 Å². The lowest BCUT2D eigenvalue weighted by molar-refractivity contribution is -0.872. The van der Waals surface area contributed by atoms with Crippen molar-refractivity contribution in [2.45, 2.75) is 46.1 Å². The topological polar surface area (TPSA) is 99.8 Å². The predicted molar refractivity (Wildman–Crippen MR) is 94.6 cm³/mol. The highest BCUT2D eigenvalue weighted by molar-refractivity contribution is 5.94. The number of amides is 2. The van der Waals surface area contributed by atoms with Crippen LogP contribution in [0.25, 0.3) is 0 Å². The average Bonchev–Trinajstić information content (AvgIpc) is 2.53. The van der Waals surface area contributed by atoms with Gasteiger partial charge in [0.2, 0.25) is 11.9 Å². The molecule has 0 aliphatic carbocycles. The van der Waals surface area contributed by atoms with Crippen LogP contribution in [0.15, 0.2) is 18.3 Å². The van der Waals surface area contributed by atoms with Gasteiger partial charge in [-0.25, -0.2) is 4.79 Å². The van der Waals surface area contributed by atoms with E-state index >= 15 is 0 Å². The molecular weight excluding hydrogens is 465 g/mol. The van der Waals surface area contributed by atoms with Gasteiger partial charge in [-0.15, -0.1) is 0 Å². The fourth-order valence-electron chi connectivity index (χ4n) is 2.39. The number of halogens is 1. The molecule has 2 N–H and O–H groups in total. The SMILES string of the molecule is Cc1c(C(=O)N(C)C)ccc[n+]1OC(=O)N[C@@H](CCC(C)C)CC(=O)O.[I-]. The van der Waals surface area contributed by atoms with Crippen LogP contribution in [0.4, 0.5) is 4.79 Å². The second-order valence-corrected chi connectivity index (χ2v) is 6.82. The van der Waals surface area contributed by atoms with Gasteiger partial charge >= 0.3 is 12.1 Å². The Morgan fingerprint density at radius 3 is 2.41 bits per heavy atom. The van der Waals surface area contributed by atoms with Crippen LogP contribution in [0.3, 0.4) is 0 Å². The Hall–Kier alpha value is -1.91. The van der Waals surface area contributed by atoms with Crippen molar-refractivity contribution < 1.29 is 53.0 Å². The molecule has 9 heteroatoms. The standard InChI is InChI=1S/C18H27N3O5.HI/c1-12(2)8-9-14(11-16(22)23)19-18(25)26-21-10-6-7-15(13(21)3)17(24)20(4)5;/h6-7,10,12,14H,8-9,11H2,1-5H3,(H-,19,22,23,25);1H/t14-;/m0./s1. The molecule has 1 atom stereocenters. The van der Waals surface area contributed by atoms with Crippen molar-refractivity contribution in [3.05, 3.63) is 29.6 Å². The smallest absolute Gasteiger partial charge is 0.475 e. The van der Waals surface area contributed by atoms with Gasteiger partial charge in [-0.05, 0) is 24.8 Å². The van der Waals surface area contributed by atoms with Crippen LogP contribution < -0.4 is 38.9 Å². The van der Waals surface area contributed by atoms with Crippen molar-refractivity contribution in [2.24, 2.45) is 5.92 Å². The van der Waals surface area contributed by atoms with Crippen LogP contribution in [0.5, 0.6) is 0 Å². The minimum absolute atomic E-state index is 0. The number of carboxylic acid groups (broad SMARTS) is 1. The first kappa shape index (κ1) is 25.1. The number of hydrogen-bond donors (Lipinski definition) is 2. The Labute approximate surface area is 176 Å². The molecule has 0 saturated carbocycles. The quantitative estimate of drug-likeness (QED) is 0.336. The molecule has 1 rings (SSSR count). The monoisotopic (exact) mass is 493 g/mol. The van der Waals surface area contributed by atoms with Crippen LogP contribution in [-0.4, -0.2) is 48.1 Å². The summed E-state index contributed by atoms with van der Waals surface area (Å²) >= 11 is 0. The summed E-state index contributed by atoms with van der Waals surface area (Å²) in [5, 5.41) is 11.6. The van der Waals surface area contributed by atoms with Gasteiger partial charge in [0.25, 0.3) is 5.91 Å². The molecule has 0 radical (unpaired) electrons. The zero-order chi connectivity index (χ0) is 19.9. The maximum absolute atomic E-state index is 12.2. The van der Waals surface area contributed by atoms with Crippen molar-refractivity contribution in [1.29, 1.82) is 0 Å². The number of aromatic nitrogens is 1. The zero-order valence-corrected chi connectivity index (χ0v) is 18.5. The summed E-state index contributed by atoms with van der Waals surface area (Å²) in [4.78, 5) is 42.0. The molecule has 152 valence electrons. The lowest BCUT2D eigenvalue weighted by atomic mass is 10.0. The van der Waals surface area contributed by atoms with E-state index in [4.69, 9.17) is 9.94 Å². The summed E-state index contributed by atoms with van der Waals surface area (Å²) in [5.41, 5.74) is 0.880. The number of nitrogens with one attached hydrogen (secondary N) is 1. The molecule has 0 aliphatic rings. The largest absolute Gasteiger partial charge is 1.00 e. The van der Waals surface area contributed by atoms with Crippen molar-refractivity contribution in [3.63, 3.8) is 0 Å². The summed E-state index contributed by atoms with van der Waals surface area (Å²) in [6.45, 7) is 5.72. The van der Waals surface area contributed by atoms with Crippen LogP contribution in [-0.2, 0) is 4.79 Å². The van der Waals surface area contributed by atoms with E-state index in [0.29, 0.717) is 23.6 Å². The van der Waals surface area contributed by atoms with E-state index in [-0.39, 0.29) is 36.3 Å². The molecule has 2 amide bonds. The number of carboxylic acids is 1. The minimum Gasteiger partial charge on any atom is -1.00 e. The van der Waals surface area contributed by atoms with Crippen molar-refractivity contribution in [1.82, 2.24) is 10.2 Å². The van der Waals surface area contributed by atoms with Crippen molar-refractivity contribution in [3.8, 4) is 0 Å². The van der Waals surface area contributed by atoms with Crippen LogP contribution in [0.1, 0.15) is 49.2 Å². The third-order valence-corrected chi connectivity index (χ3v) is 3.86. The molecule has 1 heterocycles. The number of hydrogen-bond acceptors (Lipinski definition) is 4. The Morgan fingerprint density at radius 1 is 1.26 bits per heavy atom. The third kappa shape index (κ3) is 8.55.